The van der Waals surface area contributed by atoms with Crippen molar-refractivity contribution in [2.45, 2.75) is 51.7 Å². The monoisotopic (exact) mass is 291 g/mol. The van der Waals surface area contributed by atoms with E-state index in [9.17, 15) is 4.79 Å². The number of anilines is 1. The summed E-state index contributed by atoms with van der Waals surface area (Å²) in [5.41, 5.74) is 3.73. The molecule has 1 aromatic carbocycles. The maximum absolute atomic E-state index is 12.7. The summed E-state index contributed by atoms with van der Waals surface area (Å²) in [5.74, 6) is 1.36. The van der Waals surface area contributed by atoms with Crippen LogP contribution in [0.3, 0.4) is 0 Å². The Bertz CT molecular complexity index is 472. The number of hydrogen-bond donors (Lipinski definition) is 0. The fourth-order valence-electron chi connectivity index (χ4n) is 2.76. The molecule has 1 unspecified atom stereocenters. The third kappa shape index (κ3) is 3.38. The smallest absolute Gasteiger partial charge is 0.239 e. The zero-order chi connectivity index (χ0) is 14.5. The normalized spacial score (nSPS) is 15.8. The largest absolute Gasteiger partial charge is 0.311 e. The second kappa shape index (κ2) is 7.16. The average Bonchev–Trinajstić information content (AvgIpc) is 2.46. The van der Waals surface area contributed by atoms with E-state index >= 15 is 0 Å². The molecule has 2 nitrogen and oxygen atoms in total. The van der Waals surface area contributed by atoms with Gasteiger partial charge in [0.05, 0.1) is 5.25 Å². The van der Waals surface area contributed by atoms with Crippen LogP contribution < -0.4 is 4.90 Å². The highest BCUT2D eigenvalue weighted by Gasteiger charge is 2.27. The number of carbonyl (C=O) groups excluding carboxylic acids is 1. The van der Waals surface area contributed by atoms with Gasteiger partial charge in [0, 0.05) is 12.2 Å². The van der Waals surface area contributed by atoms with Gasteiger partial charge in [0.2, 0.25) is 5.91 Å². The Kier molecular flexibility index (Phi) is 5.53. The summed E-state index contributed by atoms with van der Waals surface area (Å²) in [6.45, 7) is 7.22. The summed E-state index contributed by atoms with van der Waals surface area (Å²) in [4.78, 5) is 14.7. The minimum atomic E-state index is 0.0621. The van der Waals surface area contributed by atoms with Crippen LogP contribution in [0.1, 0.15) is 44.2 Å². The topological polar surface area (TPSA) is 20.3 Å². The van der Waals surface area contributed by atoms with E-state index in [0.717, 1.165) is 25.1 Å². The molecule has 0 saturated heterocycles. The first kappa shape index (κ1) is 15.4. The summed E-state index contributed by atoms with van der Waals surface area (Å²) < 4.78 is 0. The molecule has 1 aliphatic rings. The number of benzene rings is 1. The van der Waals surface area contributed by atoms with Gasteiger partial charge >= 0.3 is 0 Å². The molecule has 0 spiro atoms. The van der Waals surface area contributed by atoms with Gasteiger partial charge in [-0.1, -0.05) is 31.5 Å². The summed E-state index contributed by atoms with van der Waals surface area (Å²) in [5, 5.41) is 0.0621. The standard InChI is InChI=1S/C17H25NOS/c1-4-5-12-20-14(3)17(19)18-11-7-10-15-9-6-8-13(2)16(15)18/h6,8-9,14H,4-5,7,10-12H2,1-3H3. The molecule has 1 heterocycles. The lowest BCUT2D eigenvalue weighted by molar-refractivity contribution is -0.117. The van der Waals surface area contributed by atoms with Crippen LogP contribution >= 0.6 is 11.8 Å². The van der Waals surface area contributed by atoms with Crippen LogP contribution in [0.25, 0.3) is 0 Å². The number of hydrogen-bond acceptors (Lipinski definition) is 2. The van der Waals surface area contributed by atoms with Crippen molar-refractivity contribution in [2.75, 3.05) is 17.2 Å². The first-order valence-corrected chi connectivity index (χ1v) is 8.71. The molecule has 1 aromatic rings. The summed E-state index contributed by atoms with van der Waals surface area (Å²) in [6.07, 6.45) is 4.56. The van der Waals surface area contributed by atoms with Gasteiger partial charge < -0.3 is 4.90 Å². The SMILES string of the molecule is CCCCSC(C)C(=O)N1CCCc2cccc(C)c21. The van der Waals surface area contributed by atoms with Gasteiger partial charge in [-0.05, 0) is 50.0 Å². The lowest BCUT2D eigenvalue weighted by Gasteiger charge is -2.32. The van der Waals surface area contributed by atoms with E-state index in [0.29, 0.717) is 0 Å². The van der Waals surface area contributed by atoms with Gasteiger partial charge in [-0.25, -0.2) is 0 Å². The number of thioether (sulfide) groups is 1. The molecule has 0 radical (unpaired) electrons. The van der Waals surface area contributed by atoms with Crippen LogP contribution in [-0.4, -0.2) is 23.5 Å². The lowest BCUT2D eigenvalue weighted by Crippen LogP contribution is -2.40. The highest BCUT2D eigenvalue weighted by atomic mass is 32.2. The van der Waals surface area contributed by atoms with Crippen molar-refractivity contribution >= 4 is 23.4 Å². The van der Waals surface area contributed by atoms with Crippen LogP contribution in [0.4, 0.5) is 5.69 Å². The van der Waals surface area contributed by atoms with Crippen LogP contribution in [0, 0.1) is 6.92 Å². The van der Waals surface area contributed by atoms with E-state index in [1.54, 1.807) is 11.8 Å². The van der Waals surface area contributed by atoms with Crippen LogP contribution in [-0.2, 0) is 11.2 Å². The molecule has 20 heavy (non-hydrogen) atoms. The lowest BCUT2D eigenvalue weighted by atomic mass is 9.98. The van der Waals surface area contributed by atoms with Gasteiger partial charge in [-0.3, -0.25) is 4.79 Å². The Morgan fingerprint density at radius 2 is 2.25 bits per heavy atom. The summed E-state index contributed by atoms with van der Waals surface area (Å²) >= 11 is 1.79. The quantitative estimate of drug-likeness (QED) is 0.758. The Morgan fingerprint density at radius 1 is 1.45 bits per heavy atom. The van der Waals surface area contributed by atoms with E-state index in [1.165, 1.54) is 29.7 Å². The maximum atomic E-state index is 12.7. The molecule has 0 aromatic heterocycles. The molecule has 1 aliphatic heterocycles. The van der Waals surface area contributed by atoms with Crippen molar-refractivity contribution in [2.24, 2.45) is 0 Å². The number of amides is 1. The number of nitrogens with zero attached hydrogens (tertiary/aromatic N) is 1. The highest BCUT2D eigenvalue weighted by Crippen LogP contribution is 2.32. The van der Waals surface area contributed by atoms with Gasteiger partial charge in [0.25, 0.3) is 0 Å². The van der Waals surface area contributed by atoms with Crippen molar-refractivity contribution in [3.05, 3.63) is 29.3 Å². The minimum Gasteiger partial charge on any atom is -0.311 e. The van der Waals surface area contributed by atoms with Gasteiger partial charge in [0.15, 0.2) is 0 Å². The Labute approximate surface area is 126 Å². The molecule has 0 fully saturated rings. The van der Waals surface area contributed by atoms with E-state index in [2.05, 4.69) is 39.0 Å². The average molecular weight is 291 g/mol. The number of unbranched alkanes of at least 4 members (excludes halogenated alkanes) is 1. The predicted octanol–water partition coefficient (Wildman–Crippen LogP) is 4.20. The van der Waals surface area contributed by atoms with E-state index in [-0.39, 0.29) is 11.2 Å². The second-order valence-corrected chi connectivity index (χ2v) is 6.99. The molecule has 0 aliphatic carbocycles. The fourth-order valence-corrected chi connectivity index (χ4v) is 3.84. The molecule has 1 amide bonds. The van der Waals surface area contributed by atoms with Crippen LogP contribution in [0.5, 0.6) is 0 Å². The minimum absolute atomic E-state index is 0.0621. The number of fused-ring (bicyclic) bond motifs is 1. The third-order valence-electron chi connectivity index (χ3n) is 3.90. The van der Waals surface area contributed by atoms with Gasteiger partial charge in [-0.15, -0.1) is 11.8 Å². The molecule has 2 rings (SSSR count). The Morgan fingerprint density at radius 3 is 3.00 bits per heavy atom. The fraction of sp³-hybridized carbons (Fsp3) is 0.588. The van der Waals surface area contributed by atoms with Crippen molar-refractivity contribution < 1.29 is 4.79 Å². The summed E-state index contributed by atoms with van der Waals surface area (Å²) in [7, 11) is 0. The van der Waals surface area contributed by atoms with Gasteiger partial charge in [0.1, 0.15) is 0 Å². The molecule has 0 N–H and O–H groups in total. The number of carbonyl (C=O) groups is 1. The van der Waals surface area contributed by atoms with E-state index in [1.807, 2.05) is 4.90 Å². The molecular weight excluding hydrogens is 266 g/mol. The summed E-state index contributed by atoms with van der Waals surface area (Å²) in [6, 6.07) is 6.37. The van der Waals surface area contributed by atoms with Gasteiger partial charge in [-0.2, -0.15) is 0 Å². The van der Waals surface area contributed by atoms with E-state index in [4.69, 9.17) is 0 Å². The third-order valence-corrected chi connectivity index (χ3v) is 5.12. The highest BCUT2D eigenvalue weighted by molar-refractivity contribution is 8.00. The zero-order valence-corrected chi connectivity index (χ0v) is 13.6. The molecule has 3 heteroatoms. The molecular formula is C17H25NOS. The molecule has 110 valence electrons. The Hall–Kier alpha value is -0.960. The Balaban J connectivity index is 2.12. The van der Waals surface area contributed by atoms with E-state index < -0.39 is 0 Å². The second-order valence-electron chi connectivity index (χ2n) is 5.54. The molecule has 0 bridgehead atoms. The van der Waals surface area contributed by atoms with Crippen molar-refractivity contribution in [3.8, 4) is 0 Å². The first-order chi connectivity index (χ1) is 9.65. The molecule has 1 atom stereocenters. The first-order valence-electron chi connectivity index (χ1n) is 7.66. The number of aryl methyl sites for hydroxylation is 2. The van der Waals surface area contributed by atoms with Crippen LogP contribution in [0.15, 0.2) is 18.2 Å². The zero-order valence-electron chi connectivity index (χ0n) is 12.8. The van der Waals surface area contributed by atoms with Crippen molar-refractivity contribution in [1.29, 1.82) is 0 Å². The molecule has 0 saturated carbocycles. The van der Waals surface area contributed by atoms with Crippen molar-refractivity contribution in [1.82, 2.24) is 0 Å². The predicted molar refractivity (Wildman–Crippen MR) is 88.7 cm³/mol. The maximum Gasteiger partial charge on any atom is 0.239 e. The number of para-hydroxylation sites is 1. The number of rotatable bonds is 5. The van der Waals surface area contributed by atoms with Crippen molar-refractivity contribution in [3.63, 3.8) is 0 Å². The van der Waals surface area contributed by atoms with Crippen LogP contribution in [0.2, 0.25) is 0 Å².